The summed E-state index contributed by atoms with van der Waals surface area (Å²) in [5.41, 5.74) is 0. The Morgan fingerprint density at radius 3 is 0.821 bits per heavy atom. The zero-order chi connectivity index (χ0) is 56.4. The molecule has 6 nitrogen and oxygen atoms in total. The van der Waals surface area contributed by atoms with Crippen molar-refractivity contribution in [2.45, 2.75) is 367 Å². The molecule has 0 saturated carbocycles. The van der Waals surface area contributed by atoms with Crippen molar-refractivity contribution in [1.29, 1.82) is 0 Å². The van der Waals surface area contributed by atoms with Crippen LogP contribution in [0, 0.1) is 0 Å². The fourth-order valence-corrected chi connectivity index (χ4v) is 10.1. The molecule has 1 atom stereocenters. The SMILES string of the molecule is CC/C=C\C/C=C\C/C=C\C/C=C\CCCCC(=O)OC(COC(=O)CCCCCCCCCCCCCCCC)COC(=O)CCCCCCCCCCCCCCCCCCCCC/C=C\CCCCCCCCCC. The van der Waals surface area contributed by atoms with Gasteiger partial charge in [0.05, 0.1) is 0 Å². The van der Waals surface area contributed by atoms with Crippen molar-refractivity contribution < 1.29 is 28.6 Å². The van der Waals surface area contributed by atoms with Gasteiger partial charge < -0.3 is 14.2 Å². The number of unbranched alkanes of at least 4 members (excludes halogenated alkanes) is 42. The highest BCUT2D eigenvalue weighted by molar-refractivity contribution is 5.71. The van der Waals surface area contributed by atoms with Crippen LogP contribution in [0.5, 0.6) is 0 Å². The quantitative estimate of drug-likeness (QED) is 0.0261. The standard InChI is InChI=1S/C72H130O6/c1-4-7-10-13-16-19-22-25-28-29-30-31-32-33-34-35-36-37-38-39-40-41-42-43-45-47-50-53-56-59-62-65-71(74)77-68-69(67-76-70(73)64-61-58-55-52-49-46-27-24-21-18-15-12-9-6-3)78-72(75)66-63-60-57-54-51-48-44-26-23-20-17-14-11-8-5-2/h8,11,17,20,26,29-30,44,51,54,69H,4-7,9-10,12-16,18-19,21-25,27-28,31-43,45-50,52-53,55-68H2,1-3H3/b11-8-,20-17-,30-29-,44-26-,54-51-. The summed E-state index contributed by atoms with van der Waals surface area (Å²) in [6.45, 7) is 6.54. The van der Waals surface area contributed by atoms with Crippen LogP contribution in [-0.4, -0.2) is 37.2 Å². The number of esters is 3. The molecule has 0 N–H and O–H groups in total. The first-order chi connectivity index (χ1) is 38.5. The van der Waals surface area contributed by atoms with E-state index in [-0.39, 0.29) is 37.5 Å². The van der Waals surface area contributed by atoms with Gasteiger partial charge in [-0.1, -0.05) is 319 Å². The van der Waals surface area contributed by atoms with Gasteiger partial charge in [0, 0.05) is 19.3 Å². The van der Waals surface area contributed by atoms with Crippen molar-refractivity contribution >= 4 is 17.9 Å². The van der Waals surface area contributed by atoms with E-state index in [4.69, 9.17) is 14.2 Å². The maximum atomic E-state index is 12.9. The molecule has 0 aromatic heterocycles. The third-order valence-electron chi connectivity index (χ3n) is 15.3. The highest BCUT2D eigenvalue weighted by atomic mass is 16.6. The number of rotatable bonds is 63. The molecule has 0 radical (unpaired) electrons. The fourth-order valence-electron chi connectivity index (χ4n) is 10.1. The number of ether oxygens (including phenoxy) is 3. The lowest BCUT2D eigenvalue weighted by Gasteiger charge is -2.18. The molecule has 0 heterocycles. The Morgan fingerprint density at radius 2 is 0.500 bits per heavy atom. The van der Waals surface area contributed by atoms with E-state index in [2.05, 4.69) is 81.5 Å². The second-order valence-electron chi connectivity index (χ2n) is 23.1. The lowest BCUT2D eigenvalue weighted by atomic mass is 10.0. The topological polar surface area (TPSA) is 78.9 Å². The summed E-state index contributed by atoms with van der Waals surface area (Å²) < 4.78 is 16.9. The molecule has 6 heteroatoms. The van der Waals surface area contributed by atoms with E-state index >= 15 is 0 Å². The second kappa shape index (κ2) is 66.6. The third-order valence-corrected chi connectivity index (χ3v) is 15.3. The van der Waals surface area contributed by atoms with Crippen LogP contribution in [0.3, 0.4) is 0 Å². The third kappa shape index (κ3) is 63.9. The van der Waals surface area contributed by atoms with Crippen molar-refractivity contribution in [2.75, 3.05) is 13.2 Å². The molecule has 0 spiro atoms. The summed E-state index contributed by atoms with van der Waals surface area (Å²) in [6.07, 6.45) is 85.5. The van der Waals surface area contributed by atoms with Gasteiger partial charge in [0.15, 0.2) is 6.10 Å². The van der Waals surface area contributed by atoms with E-state index in [0.29, 0.717) is 19.3 Å². The summed E-state index contributed by atoms with van der Waals surface area (Å²) in [6, 6.07) is 0. The van der Waals surface area contributed by atoms with Crippen LogP contribution >= 0.6 is 0 Å². The van der Waals surface area contributed by atoms with E-state index in [1.54, 1.807) is 0 Å². The van der Waals surface area contributed by atoms with E-state index in [1.165, 1.54) is 238 Å². The molecule has 0 aromatic rings. The van der Waals surface area contributed by atoms with E-state index < -0.39 is 6.10 Å². The van der Waals surface area contributed by atoms with Crippen LogP contribution in [0.2, 0.25) is 0 Å². The molecule has 0 fully saturated rings. The van der Waals surface area contributed by atoms with Crippen LogP contribution in [0.15, 0.2) is 60.8 Å². The number of carbonyl (C=O) groups is 3. The zero-order valence-corrected chi connectivity index (χ0v) is 52.2. The molecule has 78 heavy (non-hydrogen) atoms. The number of allylic oxidation sites excluding steroid dienone is 10. The summed E-state index contributed by atoms with van der Waals surface area (Å²) in [5.74, 6) is -0.908. The van der Waals surface area contributed by atoms with E-state index in [9.17, 15) is 14.4 Å². The maximum Gasteiger partial charge on any atom is 0.306 e. The van der Waals surface area contributed by atoms with Crippen molar-refractivity contribution in [3.05, 3.63) is 60.8 Å². The normalized spacial score (nSPS) is 12.4. The minimum absolute atomic E-state index is 0.0866. The summed E-state index contributed by atoms with van der Waals surface area (Å²) in [5, 5.41) is 0. The van der Waals surface area contributed by atoms with Crippen molar-refractivity contribution in [1.82, 2.24) is 0 Å². The first-order valence-electron chi connectivity index (χ1n) is 34.3. The average Bonchev–Trinajstić information content (AvgIpc) is 3.44. The summed E-state index contributed by atoms with van der Waals surface area (Å²) >= 11 is 0. The first kappa shape index (κ1) is 75.1. The summed E-state index contributed by atoms with van der Waals surface area (Å²) in [7, 11) is 0. The highest BCUT2D eigenvalue weighted by Crippen LogP contribution is 2.18. The second-order valence-corrected chi connectivity index (χ2v) is 23.1. The van der Waals surface area contributed by atoms with Gasteiger partial charge >= 0.3 is 17.9 Å². The van der Waals surface area contributed by atoms with E-state index in [0.717, 1.165) is 77.0 Å². The molecule has 0 aliphatic rings. The zero-order valence-electron chi connectivity index (χ0n) is 52.2. The predicted molar refractivity (Wildman–Crippen MR) is 339 cm³/mol. The van der Waals surface area contributed by atoms with Gasteiger partial charge in [0.1, 0.15) is 13.2 Å². The van der Waals surface area contributed by atoms with Gasteiger partial charge in [0.2, 0.25) is 0 Å². The summed E-state index contributed by atoms with van der Waals surface area (Å²) in [4.78, 5) is 38.3. The van der Waals surface area contributed by atoms with Crippen molar-refractivity contribution in [3.63, 3.8) is 0 Å². The Bertz CT molecular complexity index is 1390. The predicted octanol–water partition coefficient (Wildman–Crippen LogP) is 23.5. The highest BCUT2D eigenvalue weighted by Gasteiger charge is 2.19. The Hall–Kier alpha value is -2.89. The first-order valence-corrected chi connectivity index (χ1v) is 34.3. The molecule has 1 unspecified atom stereocenters. The number of hydrogen-bond acceptors (Lipinski definition) is 6. The van der Waals surface area contributed by atoms with Crippen LogP contribution < -0.4 is 0 Å². The Balaban J connectivity index is 4.17. The van der Waals surface area contributed by atoms with Gasteiger partial charge in [-0.05, 0) is 83.5 Å². The molecular formula is C72H130O6. The van der Waals surface area contributed by atoms with Crippen LogP contribution in [0.1, 0.15) is 361 Å². The Labute approximate surface area is 485 Å². The van der Waals surface area contributed by atoms with Crippen LogP contribution in [0.25, 0.3) is 0 Å². The Morgan fingerprint density at radius 1 is 0.269 bits per heavy atom. The fraction of sp³-hybridized carbons (Fsp3) is 0.819. The lowest BCUT2D eigenvalue weighted by molar-refractivity contribution is -0.167. The van der Waals surface area contributed by atoms with Crippen LogP contribution in [-0.2, 0) is 28.6 Å². The maximum absolute atomic E-state index is 12.9. The molecule has 0 aromatic carbocycles. The molecule has 0 amide bonds. The minimum Gasteiger partial charge on any atom is -0.462 e. The van der Waals surface area contributed by atoms with Gasteiger partial charge in [-0.25, -0.2) is 0 Å². The lowest BCUT2D eigenvalue weighted by Crippen LogP contribution is -2.30. The van der Waals surface area contributed by atoms with Crippen LogP contribution in [0.4, 0.5) is 0 Å². The van der Waals surface area contributed by atoms with Gasteiger partial charge in [0.25, 0.3) is 0 Å². The van der Waals surface area contributed by atoms with Gasteiger partial charge in [-0.3, -0.25) is 14.4 Å². The smallest absolute Gasteiger partial charge is 0.306 e. The molecule has 0 rings (SSSR count). The molecule has 0 bridgehead atoms. The largest absolute Gasteiger partial charge is 0.462 e. The monoisotopic (exact) mass is 1090 g/mol. The molecule has 454 valence electrons. The molecule has 0 saturated heterocycles. The van der Waals surface area contributed by atoms with Gasteiger partial charge in [-0.2, -0.15) is 0 Å². The molecule has 0 aliphatic heterocycles. The number of carbonyl (C=O) groups excluding carboxylic acids is 3. The van der Waals surface area contributed by atoms with Crippen molar-refractivity contribution in [3.8, 4) is 0 Å². The average molecular weight is 1090 g/mol. The molecule has 0 aliphatic carbocycles. The molecular weight excluding hydrogens is 961 g/mol. The van der Waals surface area contributed by atoms with E-state index in [1.807, 2.05) is 0 Å². The van der Waals surface area contributed by atoms with Gasteiger partial charge in [-0.15, -0.1) is 0 Å². The number of hydrogen-bond donors (Lipinski definition) is 0. The van der Waals surface area contributed by atoms with Crippen molar-refractivity contribution in [2.24, 2.45) is 0 Å². The Kier molecular flexibility index (Phi) is 64.2. The minimum atomic E-state index is -0.794.